The molecule has 0 spiro atoms. The molecule has 0 aliphatic heterocycles. The number of carbonyl (C=O) groups excluding carboxylic acids is 2. The van der Waals surface area contributed by atoms with E-state index < -0.39 is 29.9 Å². The Bertz CT molecular complexity index is 1210. The number of carboxylic acids is 1. The number of aromatic nitrogens is 1. The van der Waals surface area contributed by atoms with Crippen LogP contribution in [0, 0.1) is 0 Å². The molecule has 9 heteroatoms. The summed E-state index contributed by atoms with van der Waals surface area (Å²) in [5.41, 5.74) is 1.08. The Morgan fingerprint density at radius 2 is 1.72 bits per heavy atom. The van der Waals surface area contributed by atoms with E-state index in [2.05, 4.69) is 15.6 Å². The van der Waals surface area contributed by atoms with Crippen LogP contribution in [0.25, 0.3) is 10.9 Å². The molecule has 2 aromatic carbocycles. The van der Waals surface area contributed by atoms with Gasteiger partial charge in [0.15, 0.2) is 0 Å². The van der Waals surface area contributed by atoms with Crippen LogP contribution >= 0.6 is 11.6 Å². The predicted octanol–water partition coefficient (Wildman–Crippen LogP) is 2.50. The number of benzene rings is 2. The molecule has 0 bridgehead atoms. The van der Waals surface area contributed by atoms with Crippen LogP contribution in [-0.4, -0.2) is 40.0 Å². The van der Waals surface area contributed by atoms with Crippen molar-refractivity contribution in [3.8, 4) is 0 Å². The van der Waals surface area contributed by atoms with Gasteiger partial charge in [0.05, 0.1) is 0 Å². The number of amides is 2. The molecular weight excluding hydrogens is 434 g/mol. The van der Waals surface area contributed by atoms with Gasteiger partial charge in [-0.15, -0.1) is 0 Å². The SMILES string of the molecule is CC[C@@H](NC(=O)[C@H](Cc1cc(=O)[nH]c2ccccc12)NC(=O)c1ccc(Cl)cc1)C(=O)O. The van der Waals surface area contributed by atoms with Gasteiger partial charge in [-0.05, 0) is 42.3 Å². The zero-order chi connectivity index (χ0) is 23.3. The number of hydrogen-bond acceptors (Lipinski definition) is 4. The maximum atomic E-state index is 13.0. The van der Waals surface area contributed by atoms with Crippen molar-refractivity contribution in [2.45, 2.75) is 31.8 Å². The smallest absolute Gasteiger partial charge is 0.326 e. The predicted molar refractivity (Wildman–Crippen MR) is 121 cm³/mol. The quantitative estimate of drug-likeness (QED) is 0.415. The first-order valence-electron chi connectivity index (χ1n) is 9.99. The maximum absolute atomic E-state index is 13.0. The third kappa shape index (κ3) is 5.53. The molecule has 0 fully saturated rings. The number of aromatic amines is 1. The third-order valence-corrected chi connectivity index (χ3v) is 5.26. The highest BCUT2D eigenvalue weighted by atomic mass is 35.5. The molecule has 1 heterocycles. The van der Waals surface area contributed by atoms with Crippen molar-refractivity contribution in [3.05, 3.63) is 81.1 Å². The van der Waals surface area contributed by atoms with Crippen LogP contribution in [0.1, 0.15) is 29.3 Å². The number of halogens is 1. The number of aliphatic carboxylic acids is 1. The summed E-state index contributed by atoms with van der Waals surface area (Å²) in [6.45, 7) is 1.63. The van der Waals surface area contributed by atoms with Gasteiger partial charge in [-0.3, -0.25) is 14.4 Å². The van der Waals surface area contributed by atoms with E-state index in [4.69, 9.17) is 11.6 Å². The molecule has 0 saturated heterocycles. The molecule has 166 valence electrons. The minimum Gasteiger partial charge on any atom is -0.480 e. The van der Waals surface area contributed by atoms with Crippen molar-refractivity contribution < 1.29 is 19.5 Å². The summed E-state index contributed by atoms with van der Waals surface area (Å²) in [6.07, 6.45) is 0.165. The third-order valence-electron chi connectivity index (χ3n) is 5.01. The molecule has 4 N–H and O–H groups in total. The topological polar surface area (TPSA) is 128 Å². The average Bonchev–Trinajstić information content (AvgIpc) is 2.76. The van der Waals surface area contributed by atoms with Gasteiger partial charge < -0.3 is 20.7 Å². The van der Waals surface area contributed by atoms with Crippen LogP contribution in [0.4, 0.5) is 0 Å². The van der Waals surface area contributed by atoms with E-state index in [1.165, 1.54) is 18.2 Å². The molecule has 3 aromatic rings. The lowest BCUT2D eigenvalue weighted by atomic mass is 10.00. The van der Waals surface area contributed by atoms with Crippen LogP contribution in [0.15, 0.2) is 59.4 Å². The highest BCUT2D eigenvalue weighted by molar-refractivity contribution is 6.30. The van der Waals surface area contributed by atoms with Crippen molar-refractivity contribution >= 4 is 40.3 Å². The summed E-state index contributed by atoms with van der Waals surface area (Å²) in [6, 6.07) is 12.4. The summed E-state index contributed by atoms with van der Waals surface area (Å²) < 4.78 is 0. The van der Waals surface area contributed by atoms with Crippen molar-refractivity contribution in [3.63, 3.8) is 0 Å². The minimum atomic E-state index is -1.18. The summed E-state index contributed by atoms with van der Waals surface area (Å²) >= 11 is 5.87. The Balaban J connectivity index is 1.94. The Kier molecular flexibility index (Phi) is 7.27. The van der Waals surface area contributed by atoms with E-state index in [1.54, 1.807) is 43.3 Å². The van der Waals surface area contributed by atoms with Crippen molar-refractivity contribution in [1.82, 2.24) is 15.6 Å². The molecule has 1 aromatic heterocycles. The lowest BCUT2D eigenvalue weighted by Gasteiger charge is -2.21. The Hall–Kier alpha value is -3.65. The van der Waals surface area contributed by atoms with E-state index in [0.29, 0.717) is 16.1 Å². The first kappa shape index (κ1) is 23.0. The van der Waals surface area contributed by atoms with E-state index in [9.17, 15) is 24.3 Å². The van der Waals surface area contributed by atoms with Crippen LogP contribution in [0.3, 0.4) is 0 Å². The number of nitrogens with one attached hydrogen (secondary N) is 3. The summed E-state index contributed by atoms with van der Waals surface area (Å²) in [4.78, 5) is 51.9. The van der Waals surface area contributed by atoms with E-state index in [0.717, 1.165) is 5.39 Å². The molecule has 2 amide bonds. The molecule has 0 aliphatic rings. The molecule has 0 unspecified atom stereocenters. The van der Waals surface area contributed by atoms with Crippen molar-refractivity contribution in [1.29, 1.82) is 0 Å². The van der Waals surface area contributed by atoms with Crippen molar-refractivity contribution in [2.75, 3.05) is 0 Å². The van der Waals surface area contributed by atoms with Gasteiger partial charge in [-0.2, -0.15) is 0 Å². The van der Waals surface area contributed by atoms with Gasteiger partial charge in [0.2, 0.25) is 11.5 Å². The summed E-state index contributed by atoms with van der Waals surface area (Å²) in [5.74, 6) is -2.37. The number of fused-ring (bicyclic) bond motifs is 1. The number of H-pyrrole nitrogens is 1. The monoisotopic (exact) mass is 455 g/mol. The van der Waals surface area contributed by atoms with Gasteiger partial charge in [0.1, 0.15) is 12.1 Å². The number of pyridine rings is 1. The summed E-state index contributed by atoms with van der Waals surface area (Å²) in [5, 5.41) is 15.6. The second-order valence-corrected chi connectivity index (χ2v) is 7.69. The second kappa shape index (κ2) is 10.1. The van der Waals surface area contributed by atoms with Gasteiger partial charge >= 0.3 is 5.97 Å². The summed E-state index contributed by atoms with van der Waals surface area (Å²) in [7, 11) is 0. The fraction of sp³-hybridized carbons (Fsp3) is 0.217. The normalized spacial score (nSPS) is 12.7. The number of rotatable bonds is 8. The molecule has 0 radical (unpaired) electrons. The highest BCUT2D eigenvalue weighted by Gasteiger charge is 2.27. The van der Waals surface area contributed by atoms with Crippen LogP contribution in [0.2, 0.25) is 5.02 Å². The fourth-order valence-electron chi connectivity index (χ4n) is 3.33. The molecule has 32 heavy (non-hydrogen) atoms. The first-order chi connectivity index (χ1) is 15.3. The van der Waals surface area contributed by atoms with Crippen LogP contribution < -0.4 is 16.2 Å². The van der Waals surface area contributed by atoms with Gasteiger partial charge in [-0.1, -0.05) is 36.7 Å². The fourth-order valence-corrected chi connectivity index (χ4v) is 3.45. The van der Waals surface area contributed by atoms with E-state index in [1.807, 2.05) is 0 Å². The van der Waals surface area contributed by atoms with E-state index >= 15 is 0 Å². The Morgan fingerprint density at radius 3 is 2.38 bits per heavy atom. The van der Waals surface area contributed by atoms with Crippen LogP contribution in [-0.2, 0) is 16.0 Å². The number of carboxylic acid groups (broad SMARTS) is 1. The zero-order valence-electron chi connectivity index (χ0n) is 17.2. The lowest BCUT2D eigenvalue weighted by Crippen LogP contribution is -2.52. The largest absolute Gasteiger partial charge is 0.480 e. The average molecular weight is 456 g/mol. The van der Waals surface area contributed by atoms with Crippen LogP contribution in [0.5, 0.6) is 0 Å². The number of hydrogen-bond donors (Lipinski definition) is 4. The van der Waals surface area contributed by atoms with Gasteiger partial charge in [0.25, 0.3) is 5.91 Å². The molecule has 8 nitrogen and oxygen atoms in total. The Labute approximate surface area is 188 Å². The minimum absolute atomic E-state index is 0.00828. The Morgan fingerprint density at radius 1 is 1.03 bits per heavy atom. The molecule has 0 saturated carbocycles. The maximum Gasteiger partial charge on any atom is 0.326 e. The lowest BCUT2D eigenvalue weighted by molar-refractivity contribution is -0.142. The van der Waals surface area contributed by atoms with Gasteiger partial charge in [0, 0.05) is 34.0 Å². The van der Waals surface area contributed by atoms with Crippen molar-refractivity contribution in [2.24, 2.45) is 0 Å². The molecule has 0 aliphatic carbocycles. The van der Waals surface area contributed by atoms with E-state index in [-0.39, 0.29) is 24.0 Å². The number of para-hydroxylation sites is 1. The first-order valence-corrected chi connectivity index (χ1v) is 10.4. The zero-order valence-corrected chi connectivity index (χ0v) is 18.0. The molecule has 2 atom stereocenters. The van der Waals surface area contributed by atoms with Gasteiger partial charge in [-0.25, -0.2) is 4.79 Å². The highest BCUT2D eigenvalue weighted by Crippen LogP contribution is 2.17. The molecular formula is C23H22ClN3O5. The number of carbonyl (C=O) groups is 3. The second-order valence-electron chi connectivity index (χ2n) is 7.25. The standard InChI is InChI=1S/C23H22ClN3O5/c1-2-17(23(31)32)26-22(30)19(27-21(29)13-7-9-15(24)10-8-13)11-14-12-20(28)25-18-6-4-3-5-16(14)18/h3-10,12,17,19H,2,11H2,1H3,(H,25,28)(H,26,30)(H,27,29)(H,31,32)/t17-,19+/m1/s1. The molecule has 3 rings (SSSR count).